The number of hydrogen-bond donors (Lipinski definition) is 2. The fraction of sp³-hybridized carbons (Fsp3) is 0.200. The minimum atomic E-state index is -3.96. The smallest absolute Gasteiger partial charge is 0.308 e. The van der Waals surface area contributed by atoms with Crippen LogP contribution in [0.4, 0.5) is 5.69 Å². The summed E-state index contributed by atoms with van der Waals surface area (Å²) in [7, 11) is -3.96. The lowest BCUT2D eigenvalue weighted by Gasteiger charge is -2.13. The molecule has 0 fully saturated rings. The molecule has 0 aliphatic heterocycles. The fourth-order valence-electron chi connectivity index (χ4n) is 2.91. The van der Waals surface area contributed by atoms with Gasteiger partial charge in [-0.25, -0.2) is 8.42 Å². The molecule has 0 bridgehead atoms. The summed E-state index contributed by atoms with van der Waals surface area (Å²) in [5.41, 5.74) is 1.06. The van der Waals surface area contributed by atoms with E-state index in [2.05, 4.69) is 16.6 Å². The van der Waals surface area contributed by atoms with Gasteiger partial charge in [0.2, 0.25) is 0 Å². The summed E-state index contributed by atoms with van der Waals surface area (Å²) < 4.78 is 30.5. The third-order valence-electron chi connectivity index (χ3n) is 4.23. The molecule has 0 aliphatic rings. The Hall–Kier alpha value is -2.91. The number of amides is 1. The van der Waals surface area contributed by atoms with Crippen LogP contribution in [0.5, 0.6) is 0 Å². The molecule has 0 unspecified atom stereocenters. The molecule has 2 aromatic carbocycles. The Balaban J connectivity index is 1.98. The van der Waals surface area contributed by atoms with Gasteiger partial charge in [-0.15, -0.1) is 6.58 Å². The van der Waals surface area contributed by atoms with Crippen molar-refractivity contribution in [2.45, 2.75) is 24.8 Å². The zero-order valence-corrected chi connectivity index (χ0v) is 17.6. The van der Waals surface area contributed by atoms with E-state index in [4.69, 9.17) is 0 Å². The molecule has 1 heterocycles. The molecule has 1 amide bonds. The van der Waals surface area contributed by atoms with Gasteiger partial charge < -0.3 is 5.32 Å². The maximum absolute atomic E-state index is 12.9. The molecule has 7 nitrogen and oxygen atoms in total. The zero-order chi connectivity index (χ0) is 21.2. The molecule has 3 aromatic rings. The highest BCUT2D eigenvalue weighted by Crippen LogP contribution is 2.26. The Kier molecular flexibility index (Phi) is 5.90. The second kappa shape index (κ2) is 8.22. The van der Waals surface area contributed by atoms with E-state index in [0.717, 1.165) is 11.3 Å². The van der Waals surface area contributed by atoms with Crippen LogP contribution in [0.3, 0.4) is 0 Å². The lowest BCUT2D eigenvalue weighted by atomic mass is 10.1. The predicted octanol–water partition coefficient (Wildman–Crippen LogP) is 3.36. The maximum atomic E-state index is 12.9. The van der Waals surface area contributed by atoms with Gasteiger partial charge in [-0.3, -0.25) is 18.9 Å². The SMILES string of the molecule is C=CCNC(=O)c1ccccc1NS(=O)(=O)c1ccc2c(c1)sc(=O)n2C(C)C. The number of rotatable bonds is 7. The number of fused-ring (bicyclic) bond motifs is 1. The Morgan fingerprint density at radius 3 is 2.66 bits per heavy atom. The lowest BCUT2D eigenvalue weighted by molar-refractivity contribution is 0.0959. The van der Waals surface area contributed by atoms with E-state index in [1.54, 1.807) is 22.8 Å². The van der Waals surface area contributed by atoms with Crippen LogP contribution in [0.2, 0.25) is 0 Å². The van der Waals surface area contributed by atoms with E-state index < -0.39 is 15.9 Å². The molecule has 2 N–H and O–H groups in total. The number of hydrogen-bond acceptors (Lipinski definition) is 5. The van der Waals surface area contributed by atoms with Gasteiger partial charge in [0.15, 0.2) is 0 Å². The van der Waals surface area contributed by atoms with E-state index in [-0.39, 0.29) is 33.6 Å². The molecule has 0 aliphatic carbocycles. The van der Waals surface area contributed by atoms with Crippen LogP contribution in [0, 0.1) is 0 Å². The Bertz CT molecular complexity index is 1240. The average molecular weight is 432 g/mol. The predicted molar refractivity (Wildman–Crippen MR) is 116 cm³/mol. The van der Waals surface area contributed by atoms with Crippen LogP contribution >= 0.6 is 11.3 Å². The minimum absolute atomic E-state index is 0.0171. The van der Waals surface area contributed by atoms with Gasteiger partial charge in [-0.2, -0.15) is 0 Å². The van der Waals surface area contributed by atoms with Crippen LogP contribution in [0.1, 0.15) is 30.2 Å². The number of nitrogens with zero attached hydrogens (tertiary/aromatic N) is 1. The van der Waals surface area contributed by atoms with E-state index in [1.165, 1.54) is 30.3 Å². The first-order valence-corrected chi connectivity index (χ1v) is 11.2. The molecule has 0 saturated carbocycles. The average Bonchev–Trinajstić information content (AvgIpc) is 3.01. The number of nitrogens with one attached hydrogen (secondary N) is 2. The maximum Gasteiger partial charge on any atom is 0.308 e. The van der Waals surface area contributed by atoms with Gasteiger partial charge in [-0.1, -0.05) is 29.5 Å². The number of para-hydroxylation sites is 1. The van der Waals surface area contributed by atoms with Crippen molar-refractivity contribution >= 4 is 43.2 Å². The summed E-state index contributed by atoms with van der Waals surface area (Å²) in [6.07, 6.45) is 1.54. The van der Waals surface area contributed by atoms with Crippen LogP contribution in [-0.2, 0) is 10.0 Å². The molecule has 1 aromatic heterocycles. The summed E-state index contributed by atoms with van der Waals surface area (Å²) >= 11 is 1.00. The quantitative estimate of drug-likeness (QED) is 0.561. The van der Waals surface area contributed by atoms with Crippen LogP contribution in [0.15, 0.2) is 64.8 Å². The second-order valence-electron chi connectivity index (χ2n) is 6.61. The molecular formula is C20H21N3O4S2. The monoisotopic (exact) mass is 431 g/mol. The van der Waals surface area contributed by atoms with E-state index in [9.17, 15) is 18.0 Å². The topological polar surface area (TPSA) is 97.3 Å². The molecule has 152 valence electrons. The third-order valence-corrected chi connectivity index (χ3v) is 6.52. The van der Waals surface area contributed by atoms with Crippen molar-refractivity contribution in [3.63, 3.8) is 0 Å². The Morgan fingerprint density at radius 1 is 1.24 bits per heavy atom. The van der Waals surface area contributed by atoms with Gasteiger partial charge in [0.1, 0.15) is 0 Å². The molecule has 9 heteroatoms. The fourth-order valence-corrected chi connectivity index (χ4v) is 5.14. The number of aromatic nitrogens is 1. The lowest BCUT2D eigenvalue weighted by Crippen LogP contribution is -2.25. The molecule has 0 radical (unpaired) electrons. The molecule has 0 spiro atoms. The number of sulfonamides is 1. The van der Waals surface area contributed by atoms with Crippen molar-refractivity contribution in [1.82, 2.24) is 9.88 Å². The van der Waals surface area contributed by atoms with E-state index >= 15 is 0 Å². The number of benzene rings is 2. The van der Waals surface area contributed by atoms with Crippen molar-refractivity contribution in [3.05, 3.63) is 70.4 Å². The molecular weight excluding hydrogens is 410 g/mol. The highest BCUT2D eigenvalue weighted by molar-refractivity contribution is 7.92. The standard InChI is InChI=1S/C20H21N3O4S2/c1-4-11-21-19(24)15-7-5-6-8-16(15)22-29(26,27)14-9-10-17-18(12-14)28-20(25)23(17)13(2)3/h4-10,12-13,22H,1,11H2,2-3H3,(H,21,24). The molecule has 29 heavy (non-hydrogen) atoms. The van der Waals surface area contributed by atoms with E-state index in [0.29, 0.717) is 10.2 Å². The second-order valence-corrected chi connectivity index (χ2v) is 9.29. The summed E-state index contributed by atoms with van der Waals surface area (Å²) in [5, 5.41) is 2.63. The van der Waals surface area contributed by atoms with Gasteiger partial charge in [0.25, 0.3) is 15.9 Å². The summed E-state index contributed by atoms with van der Waals surface area (Å²) in [6.45, 7) is 7.60. The summed E-state index contributed by atoms with van der Waals surface area (Å²) in [5.74, 6) is -0.411. The number of carbonyl (C=O) groups excluding carboxylic acids is 1. The van der Waals surface area contributed by atoms with Crippen molar-refractivity contribution in [2.75, 3.05) is 11.3 Å². The normalized spacial score (nSPS) is 11.6. The van der Waals surface area contributed by atoms with Crippen LogP contribution in [0.25, 0.3) is 10.2 Å². The highest BCUT2D eigenvalue weighted by atomic mass is 32.2. The largest absolute Gasteiger partial charge is 0.349 e. The van der Waals surface area contributed by atoms with Gasteiger partial charge in [0, 0.05) is 12.6 Å². The van der Waals surface area contributed by atoms with Gasteiger partial charge >= 0.3 is 4.87 Å². The third kappa shape index (κ3) is 4.25. The summed E-state index contributed by atoms with van der Waals surface area (Å²) in [6, 6.07) is 10.9. The van der Waals surface area contributed by atoms with Crippen molar-refractivity contribution < 1.29 is 13.2 Å². The van der Waals surface area contributed by atoms with Crippen LogP contribution < -0.4 is 14.9 Å². The molecule has 0 atom stereocenters. The Morgan fingerprint density at radius 2 is 1.97 bits per heavy atom. The number of carbonyl (C=O) groups is 1. The van der Waals surface area contributed by atoms with Crippen molar-refractivity contribution in [3.8, 4) is 0 Å². The van der Waals surface area contributed by atoms with Crippen molar-refractivity contribution in [2.24, 2.45) is 0 Å². The first-order chi connectivity index (χ1) is 13.7. The summed E-state index contributed by atoms with van der Waals surface area (Å²) in [4.78, 5) is 24.4. The van der Waals surface area contributed by atoms with Gasteiger partial charge in [-0.05, 0) is 44.2 Å². The minimum Gasteiger partial charge on any atom is -0.349 e. The molecule has 3 rings (SSSR count). The number of thiazole rings is 1. The molecule has 0 saturated heterocycles. The van der Waals surface area contributed by atoms with Gasteiger partial charge in [0.05, 0.1) is 26.4 Å². The highest BCUT2D eigenvalue weighted by Gasteiger charge is 2.20. The zero-order valence-electron chi connectivity index (χ0n) is 16.0. The van der Waals surface area contributed by atoms with E-state index in [1.807, 2.05) is 13.8 Å². The first kappa shape index (κ1) is 20.8. The first-order valence-electron chi connectivity index (χ1n) is 8.90. The van der Waals surface area contributed by atoms with Crippen LogP contribution in [-0.4, -0.2) is 25.4 Å². The van der Waals surface area contributed by atoms with Crippen molar-refractivity contribution in [1.29, 1.82) is 0 Å². The number of anilines is 1. The Labute approximate surface area is 172 Å².